The van der Waals surface area contributed by atoms with Crippen molar-refractivity contribution in [2.75, 3.05) is 5.73 Å². The van der Waals surface area contributed by atoms with Crippen LogP contribution in [0.2, 0.25) is 0 Å². The number of aryl methyl sites for hydroxylation is 1. The molecule has 24 heavy (non-hydrogen) atoms. The highest BCUT2D eigenvalue weighted by Gasteiger charge is 2.19. The number of para-hydroxylation sites is 1. The van der Waals surface area contributed by atoms with Gasteiger partial charge >= 0.3 is 0 Å². The first-order valence-corrected chi connectivity index (χ1v) is 8.35. The SMILES string of the molecule is Cn1nc(Cc2ccc(F)cc2)c(-c2nc3ccccc3s2)c1N. The van der Waals surface area contributed by atoms with E-state index in [1.165, 1.54) is 12.1 Å². The Morgan fingerprint density at radius 1 is 1.12 bits per heavy atom. The average molecular weight is 338 g/mol. The van der Waals surface area contributed by atoms with Crippen LogP contribution in [0.15, 0.2) is 48.5 Å². The Labute approximate surface area is 142 Å². The fourth-order valence-electron chi connectivity index (χ4n) is 2.73. The minimum atomic E-state index is -0.245. The number of nitrogens with two attached hydrogens (primary N) is 1. The summed E-state index contributed by atoms with van der Waals surface area (Å²) in [4.78, 5) is 4.70. The Balaban J connectivity index is 1.81. The molecule has 0 atom stereocenters. The summed E-state index contributed by atoms with van der Waals surface area (Å²) in [5.41, 5.74) is 9.89. The lowest BCUT2D eigenvalue weighted by Gasteiger charge is -2.01. The van der Waals surface area contributed by atoms with Crippen LogP contribution in [0.4, 0.5) is 10.2 Å². The van der Waals surface area contributed by atoms with Gasteiger partial charge in [-0.2, -0.15) is 5.10 Å². The molecule has 0 aliphatic carbocycles. The van der Waals surface area contributed by atoms with E-state index in [0.29, 0.717) is 12.2 Å². The van der Waals surface area contributed by atoms with E-state index in [9.17, 15) is 4.39 Å². The van der Waals surface area contributed by atoms with Gasteiger partial charge in [-0.3, -0.25) is 4.68 Å². The van der Waals surface area contributed by atoms with Gasteiger partial charge in [-0.1, -0.05) is 24.3 Å². The molecule has 0 bridgehead atoms. The lowest BCUT2D eigenvalue weighted by molar-refractivity contribution is 0.627. The second kappa shape index (κ2) is 5.72. The number of anilines is 1. The van der Waals surface area contributed by atoms with Crippen molar-refractivity contribution >= 4 is 27.4 Å². The van der Waals surface area contributed by atoms with E-state index < -0.39 is 0 Å². The smallest absolute Gasteiger partial charge is 0.132 e. The van der Waals surface area contributed by atoms with E-state index in [1.54, 1.807) is 28.2 Å². The monoisotopic (exact) mass is 338 g/mol. The molecule has 2 N–H and O–H groups in total. The van der Waals surface area contributed by atoms with Gasteiger partial charge in [-0.15, -0.1) is 11.3 Å². The number of aromatic nitrogens is 3. The highest BCUT2D eigenvalue weighted by Crippen LogP contribution is 2.36. The number of thiazole rings is 1. The number of hydrogen-bond donors (Lipinski definition) is 1. The van der Waals surface area contributed by atoms with Crippen molar-refractivity contribution in [3.63, 3.8) is 0 Å². The quantitative estimate of drug-likeness (QED) is 0.614. The minimum absolute atomic E-state index is 0.245. The molecule has 120 valence electrons. The fourth-order valence-corrected chi connectivity index (χ4v) is 3.77. The van der Waals surface area contributed by atoms with E-state index in [0.717, 1.165) is 32.0 Å². The third-order valence-corrected chi connectivity index (χ3v) is 5.01. The number of fused-ring (bicyclic) bond motifs is 1. The third-order valence-electron chi connectivity index (χ3n) is 3.96. The number of rotatable bonds is 3. The van der Waals surface area contributed by atoms with Crippen LogP contribution in [0.25, 0.3) is 20.8 Å². The second-order valence-electron chi connectivity index (χ2n) is 5.62. The largest absolute Gasteiger partial charge is 0.383 e. The first kappa shape index (κ1) is 14.8. The lowest BCUT2D eigenvalue weighted by Crippen LogP contribution is -1.98. The summed E-state index contributed by atoms with van der Waals surface area (Å²) in [6, 6.07) is 14.4. The van der Waals surface area contributed by atoms with Crippen LogP contribution in [0, 0.1) is 5.82 Å². The van der Waals surface area contributed by atoms with Crippen LogP contribution in [0.1, 0.15) is 11.3 Å². The first-order chi connectivity index (χ1) is 11.6. The zero-order chi connectivity index (χ0) is 16.7. The standard InChI is InChI=1S/C18H15FN4S/c1-23-17(20)16(18-21-13-4-2-3-5-15(13)24-18)14(22-23)10-11-6-8-12(19)9-7-11/h2-9H,10,20H2,1H3. The van der Waals surface area contributed by atoms with Gasteiger partial charge in [0.2, 0.25) is 0 Å². The van der Waals surface area contributed by atoms with Gasteiger partial charge < -0.3 is 5.73 Å². The van der Waals surface area contributed by atoms with Gasteiger partial charge in [0.05, 0.1) is 21.5 Å². The predicted octanol–water partition coefficient (Wildman–Crippen LogP) is 4.01. The molecular formula is C18H15FN4S. The van der Waals surface area contributed by atoms with Crippen LogP contribution in [-0.2, 0) is 13.5 Å². The van der Waals surface area contributed by atoms with Crippen LogP contribution in [0.5, 0.6) is 0 Å². The summed E-state index contributed by atoms with van der Waals surface area (Å²) >= 11 is 1.60. The molecule has 0 amide bonds. The molecule has 2 aromatic carbocycles. The van der Waals surface area contributed by atoms with Gasteiger partial charge in [0.25, 0.3) is 0 Å². The molecule has 6 heteroatoms. The molecular weight excluding hydrogens is 323 g/mol. The molecule has 2 aromatic heterocycles. The maximum Gasteiger partial charge on any atom is 0.132 e. The molecule has 2 heterocycles. The summed E-state index contributed by atoms with van der Waals surface area (Å²) in [5.74, 6) is 0.344. The van der Waals surface area contributed by atoms with Gasteiger partial charge in [-0.25, -0.2) is 9.37 Å². The van der Waals surface area contributed by atoms with Gasteiger partial charge in [0.15, 0.2) is 0 Å². The maximum atomic E-state index is 13.1. The highest BCUT2D eigenvalue weighted by molar-refractivity contribution is 7.21. The topological polar surface area (TPSA) is 56.7 Å². The number of nitrogens with zero attached hydrogens (tertiary/aromatic N) is 3. The Hall–Kier alpha value is -2.73. The van der Waals surface area contributed by atoms with E-state index in [1.807, 2.05) is 31.3 Å². The summed E-state index contributed by atoms with van der Waals surface area (Å²) in [6.07, 6.45) is 0.580. The third kappa shape index (κ3) is 2.55. The molecule has 0 radical (unpaired) electrons. The molecule has 0 aliphatic heterocycles. The number of nitrogen functional groups attached to an aromatic ring is 1. The summed E-state index contributed by atoms with van der Waals surface area (Å²) < 4.78 is 15.9. The average Bonchev–Trinajstić information content (AvgIpc) is 3.11. The van der Waals surface area contributed by atoms with E-state index in [4.69, 9.17) is 10.7 Å². The molecule has 0 saturated heterocycles. The molecule has 0 spiro atoms. The van der Waals surface area contributed by atoms with Crippen molar-refractivity contribution in [1.29, 1.82) is 0 Å². The summed E-state index contributed by atoms with van der Waals surface area (Å²) in [7, 11) is 1.82. The van der Waals surface area contributed by atoms with Gasteiger partial charge in [0.1, 0.15) is 16.6 Å². The number of benzene rings is 2. The normalized spacial score (nSPS) is 11.2. The van der Waals surface area contributed by atoms with E-state index in [-0.39, 0.29) is 5.82 Å². The molecule has 0 fully saturated rings. The van der Waals surface area contributed by atoms with Crippen molar-refractivity contribution in [2.45, 2.75) is 6.42 Å². The van der Waals surface area contributed by atoms with Crippen molar-refractivity contribution in [1.82, 2.24) is 14.8 Å². The zero-order valence-electron chi connectivity index (χ0n) is 13.0. The Kier molecular flexibility index (Phi) is 3.54. The van der Waals surface area contributed by atoms with Crippen molar-refractivity contribution in [3.05, 3.63) is 65.6 Å². The highest BCUT2D eigenvalue weighted by atomic mass is 32.1. The molecule has 4 rings (SSSR count). The van der Waals surface area contributed by atoms with Crippen LogP contribution in [0.3, 0.4) is 0 Å². The fraction of sp³-hybridized carbons (Fsp3) is 0.111. The molecule has 0 aliphatic rings. The van der Waals surface area contributed by atoms with Crippen LogP contribution >= 0.6 is 11.3 Å². The minimum Gasteiger partial charge on any atom is -0.383 e. The van der Waals surface area contributed by atoms with Crippen molar-refractivity contribution in [2.24, 2.45) is 7.05 Å². The first-order valence-electron chi connectivity index (χ1n) is 7.53. The van der Waals surface area contributed by atoms with Crippen molar-refractivity contribution < 1.29 is 4.39 Å². The number of halogens is 1. The molecule has 0 unspecified atom stereocenters. The van der Waals surface area contributed by atoms with Crippen LogP contribution < -0.4 is 5.73 Å². The Morgan fingerprint density at radius 3 is 2.62 bits per heavy atom. The van der Waals surface area contributed by atoms with Crippen molar-refractivity contribution in [3.8, 4) is 10.6 Å². The molecule has 0 saturated carbocycles. The second-order valence-corrected chi connectivity index (χ2v) is 6.65. The Bertz CT molecular complexity index is 984. The van der Waals surface area contributed by atoms with Gasteiger partial charge in [-0.05, 0) is 29.8 Å². The summed E-state index contributed by atoms with van der Waals surface area (Å²) in [6.45, 7) is 0. The Morgan fingerprint density at radius 2 is 1.88 bits per heavy atom. The van der Waals surface area contributed by atoms with Crippen LogP contribution in [-0.4, -0.2) is 14.8 Å². The van der Waals surface area contributed by atoms with Gasteiger partial charge in [0, 0.05) is 13.5 Å². The summed E-state index contributed by atoms with van der Waals surface area (Å²) in [5, 5.41) is 5.40. The van der Waals surface area contributed by atoms with E-state index in [2.05, 4.69) is 5.10 Å². The maximum absolute atomic E-state index is 13.1. The zero-order valence-corrected chi connectivity index (χ0v) is 13.8. The lowest BCUT2D eigenvalue weighted by atomic mass is 10.1. The molecule has 4 aromatic rings. The van der Waals surface area contributed by atoms with E-state index >= 15 is 0 Å². The predicted molar refractivity (Wildman–Crippen MR) is 95.4 cm³/mol. The number of hydrogen-bond acceptors (Lipinski definition) is 4. The molecule has 4 nitrogen and oxygen atoms in total.